The molecule has 3 fully saturated rings. The Bertz CT molecular complexity index is 1750. The van der Waals surface area contributed by atoms with Gasteiger partial charge in [0.25, 0.3) is 5.79 Å². The number of ether oxygens (including phenoxy) is 3. The van der Waals surface area contributed by atoms with E-state index in [9.17, 15) is 9.65 Å². The maximum Gasteiger partial charge on any atom is 0.278 e. The molecule has 5 unspecified atom stereocenters. The highest BCUT2D eigenvalue weighted by molar-refractivity contribution is 6.30. The fourth-order valence-electron chi connectivity index (χ4n) is 8.72. The Balaban J connectivity index is 0.956. The molecular weight excluding hydrogens is 599 g/mol. The average Bonchev–Trinajstić information content (AvgIpc) is 3.68. The molecule has 0 N–H and O–H groups in total. The summed E-state index contributed by atoms with van der Waals surface area (Å²) in [7, 11) is 0. The molecule has 0 spiro atoms. The number of hydrogen-bond donors (Lipinski definition) is 0. The Morgan fingerprint density at radius 1 is 1.02 bits per heavy atom. The van der Waals surface area contributed by atoms with Gasteiger partial charge in [-0.1, -0.05) is 29.8 Å². The first-order chi connectivity index (χ1) is 22.3. The number of fused-ring (bicyclic) bond motifs is 3. The molecule has 8 rings (SSSR count). The van der Waals surface area contributed by atoms with Crippen LogP contribution in [-0.4, -0.2) is 18.4 Å². The third-order valence-electron chi connectivity index (χ3n) is 11.6. The van der Waals surface area contributed by atoms with Crippen LogP contribution >= 0.6 is 11.6 Å². The van der Waals surface area contributed by atoms with Crippen molar-refractivity contribution in [2.75, 3.05) is 6.61 Å². The number of rotatable bonds is 7. The van der Waals surface area contributed by atoms with Crippen molar-refractivity contribution in [2.24, 2.45) is 16.3 Å². The second-order valence-electron chi connectivity index (χ2n) is 14.3. The van der Waals surface area contributed by atoms with Gasteiger partial charge in [-0.15, -0.1) is 0 Å². The molecule has 3 heterocycles. The van der Waals surface area contributed by atoms with E-state index in [1.165, 1.54) is 48.6 Å². The van der Waals surface area contributed by atoms with Crippen molar-refractivity contribution in [3.63, 3.8) is 0 Å². The normalized spacial score (nSPS) is 31.0. The topological polar surface area (TPSA) is 63.8 Å². The van der Waals surface area contributed by atoms with Crippen LogP contribution in [-0.2, 0) is 10.5 Å². The Hall–Kier alpha value is -3.40. The lowest BCUT2D eigenvalue weighted by Crippen LogP contribution is -2.32. The quantitative estimate of drug-likeness (QED) is 0.258. The summed E-state index contributed by atoms with van der Waals surface area (Å²) in [6.45, 7) is 2.65. The third-order valence-corrected chi connectivity index (χ3v) is 11.8. The Morgan fingerprint density at radius 3 is 2.72 bits per heavy atom. The molecule has 2 saturated carbocycles. The number of aliphatic imine (C=N–C) groups is 1. The molecule has 6 atom stereocenters. The zero-order valence-electron chi connectivity index (χ0n) is 26.4. The highest BCUT2D eigenvalue weighted by Gasteiger charge is 2.54. The van der Waals surface area contributed by atoms with Crippen molar-refractivity contribution < 1.29 is 18.6 Å². The second kappa shape index (κ2) is 11.7. The van der Waals surface area contributed by atoms with Gasteiger partial charge in [0.1, 0.15) is 5.82 Å². The van der Waals surface area contributed by atoms with Crippen LogP contribution in [0.3, 0.4) is 0 Å². The Morgan fingerprint density at radius 2 is 1.91 bits per heavy atom. The molecular formula is C39H40ClFN2O3. The first kappa shape index (κ1) is 30.0. The van der Waals surface area contributed by atoms with Crippen LogP contribution in [0, 0.1) is 28.5 Å². The highest BCUT2D eigenvalue weighted by atomic mass is 35.5. The van der Waals surface area contributed by atoms with E-state index in [0.29, 0.717) is 45.3 Å². The lowest BCUT2D eigenvalue weighted by atomic mass is 9.85. The van der Waals surface area contributed by atoms with Gasteiger partial charge in [-0.05, 0) is 136 Å². The van der Waals surface area contributed by atoms with Crippen molar-refractivity contribution in [3.05, 3.63) is 87.7 Å². The first-order valence-corrected chi connectivity index (χ1v) is 17.4. The van der Waals surface area contributed by atoms with Crippen LogP contribution in [0.4, 0.5) is 10.1 Å². The lowest BCUT2D eigenvalue weighted by Gasteiger charge is -2.30. The summed E-state index contributed by atoms with van der Waals surface area (Å²) in [5.41, 5.74) is 6.14. The maximum absolute atomic E-state index is 14.9. The highest BCUT2D eigenvalue weighted by Crippen LogP contribution is 2.65. The molecule has 0 bridgehead atoms. The van der Waals surface area contributed by atoms with E-state index < -0.39 is 11.6 Å². The molecule has 5 aliphatic rings. The Kier molecular flexibility index (Phi) is 7.61. The predicted molar refractivity (Wildman–Crippen MR) is 177 cm³/mol. The largest absolute Gasteiger partial charge is 0.444 e. The third kappa shape index (κ3) is 5.50. The molecule has 3 aromatic carbocycles. The van der Waals surface area contributed by atoms with Gasteiger partial charge in [-0.25, -0.2) is 4.39 Å². The van der Waals surface area contributed by atoms with Crippen molar-refractivity contribution in [3.8, 4) is 17.6 Å². The van der Waals surface area contributed by atoms with Gasteiger partial charge < -0.3 is 14.2 Å². The van der Waals surface area contributed by atoms with Crippen LogP contribution in [0.5, 0.6) is 11.5 Å². The van der Waals surface area contributed by atoms with Crippen molar-refractivity contribution in [1.29, 1.82) is 5.26 Å². The summed E-state index contributed by atoms with van der Waals surface area (Å²) < 4.78 is 33.5. The van der Waals surface area contributed by atoms with Gasteiger partial charge in [0, 0.05) is 29.8 Å². The minimum Gasteiger partial charge on any atom is -0.444 e. The van der Waals surface area contributed by atoms with Gasteiger partial charge in [-0.2, -0.15) is 5.26 Å². The molecule has 238 valence electrons. The van der Waals surface area contributed by atoms with Gasteiger partial charge in [-0.3, -0.25) is 4.99 Å². The molecule has 0 radical (unpaired) electrons. The average molecular weight is 639 g/mol. The van der Waals surface area contributed by atoms with Crippen molar-refractivity contribution in [1.82, 2.24) is 0 Å². The second-order valence-corrected chi connectivity index (χ2v) is 14.8. The van der Waals surface area contributed by atoms with Gasteiger partial charge >= 0.3 is 0 Å². The summed E-state index contributed by atoms with van der Waals surface area (Å²) in [5.74, 6) is 1.31. The van der Waals surface area contributed by atoms with Crippen LogP contribution in [0.15, 0.2) is 59.6 Å². The van der Waals surface area contributed by atoms with E-state index in [2.05, 4.69) is 18.2 Å². The van der Waals surface area contributed by atoms with Crippen LogP contribution in [0.1, 0.15) is 112 Å². The van der Waals surface area contributed by atoms with E-state index in [1.807, 2.05) is 24.3 Å². The maximum atomic E-state index is 14.9. The molecule has 2 aliphatic carbocycles. The minimum absolute atomic E-state index is 0.343. The van der Waals surface area contributed by atoms with E-state index in [4.69, 9.17) is 30.8 Å². The summed E-state index contributed by atoms with van der Waals surface area (Å²) in [4.78, 5) is 5.22. The Labute approximate surface area is 275 Å². The lowest BCUT2D eigenvalue weighted by molar-refractivity contribution is -0.0711. The fraction of sp³-hybridized carbons (Fsp3) is 0.487. The van der Waals surface area contributed by atoms with E-state index in [-0.39, 0.29) is 0 Å². The summed E-state index contributed by atoms with van der Waals surface area (Å²) >= 11 is 6.02. The van der Waals surface area contributed by atoms with Crippen LogP contribution in [0.2, 0.25) is 5.02 Å². The number of hydrogen-bond acceptors (Lipinski definition) is 5. The molecule has 5 nitrogen and oxygen atoms in total. The molecule has 7 heteroatoms. The van der Waals surface area contributed by atoms with Gasteiger partial charge in [0.15, 0.2) is 11.5 Å². The number of nitriles is 1. The SMILES string of the molecule is CC1(c2ccc(Cl)cc2F)Oc2cccc(C3CCC4CC4(CCC4=Nc5cc(C#N)ccc5C(C[C@@H]5CCO5)CC4)CC3)c2O1. The van der Waals surface area contributed by atoms with Crippen LogP contribution in [0.25, 0.3) is 0 Å². The van der Waals surface area contributed by atoms with E-state index in [1.54, 1.807) is 19.1 Å². The summed E-state index contributed by atoms with van der Waals surface area (Å²) in [6, 6.07) is 19.1. The molecule has 0 aromatic heterocycles. The molecule has 0 amide bonds. The standard InChI is InChI=1S/C39H40ClFN2O3/c1-38(33-12-9-28(40)21-34(33)41)45-36-4-2-3-32(37(36)46-38)25-6-8-27-22-39(27,16-13-25)17-14-29-10-7-26(20-30-15-18-44-30)31-11-5-24(23-42)19-35(31)43-29/h2-5,9,11-12,19,21,25-27,30H,6-8,10,13-18,20,22H2,1H3/t25?,26?,27?,30-,38?,39?/m0/s1. The minimum atomic E-state index is -1.24. The van der Waals surface area contributed by atoms with Crippen molar-refractivity contribution >= 4 is 23.0 Å². The predicted octanol–water partition coefficient (Wildman–Crippen LogP) is 10.3. The summed E-state index contributed by atoms with van der Waals surface area (Å²) in [6.07, 6.45) is 12.8. The van der Waals surface area contributed by atoms with Gasteiger partial charge in [0.05, 0.1) is 29.0 Å². The number of benzene rings is 3. The molecule has 3 aromatic rings. The number of para-hydroxylation sites is 1. The molecule has 3 aliphatic heterocycles. The molecule has 1 saturated heterocycles. The van der Waals surface area contributed by atoms with Crippen LogP contribution < -0.4 is 9.47 Å². The number of nitrogens with zero attached hydrogens (tertiary/aromatic N) is 2. The summed E-state index contributed by atoms with van der Waals surface area (Å²) in [5, 5.41) is 9.92. The van der Waals surface area contributed by atoms with Gasteiger partial charge in [0.2, 0.25) is 0 Å². The fourth-order valence-corrected chi connectivity index (χ4v) is 8.88. The smallest absolute Gasteiger partial charge is 0.278 e. The molecule has 46 heavy (non-hydrogen) atoms. The van der Waals surface area contributed by atoms with E-state index >= 15 is 0 Å². The first-order valence-electron chi connectivity index (χ1n) is 17.0. The zero-order chi connectivity index (χ0) is 31.5. The monoisotopic (exact) mass is 638 g/mol. The van der Waals surface area contributed by atoms with E-state index in [0.717, 1.165) is 68.9 Å². The number of halogens is 2. The zero-order valence-corrected chi connectivity index (χ0v) is 27.1. The van der Waals surface area contributed by atoms with Crippen molar-refractivity contribution in [2.45, 2.75) is 101 Å².